The Bertz CT molecular complexity index is 1120. The van der Waals surface area contributed by atoms with E-state index in [4.69, 9.17) is 4.74 Å². The molecule has 0 saturated heterocycles. The van der Waals surface area contributed by atoms with Gasteiger partial charge in [-0.3, -0.25) is 14.2 Å². The number of benzene rings is 1. The Morgan fingerprint density at radius 2 is 2.00 bits per heavy atom. The molecule has 2 aromatic heterocycles. The number of amides is 1. The molecule has 7 nitrogen and oxygen atoms in total. The zero-order valence-electron chi connectivity index (χ0n) is 16.1. The highest BCUT2D eigenvalue weighted by Crippen LogP contribution is 2.28. The lowest BCUT2D eigenvalue weighted by atomic mass is 10.1. The summed E-state index contributed by atoms with van der Waals surface area (Å²) in [4.78, 5) is 42.9. The van der Waals surface area contributed by atoms with Crippen molar-refractivity contribution in [1.82, 2.24) is 9.55 Å². The smallest absolute Gasteiger partial charge is 0.328 e. The summed E-state index contributed by atoms with van der Waals surface area (Å²) >= 11 is 1.16. The highest BCUT2D eigenvalue weighted by atomic mass is 32.1. The molecule has 3 rings (SSSR count). The molecule has 0 fully saturated rings. The van der Waals surface area contributed by atoms with Crippen LogP contribution in [0, 0.1) is 13.8 Å². The number of fused-ring (bicyclic) bond motifs is 1. The molecule has 1 aromatic carbocycles. The number of nitrogens with zero attached hydrogens (tertiary/aromatic N) is 2. The topological polar surface area (TPSA) is 90.3 Å². The average Bonchev–Trinajstić information content (AvgIpc) is 3.01. The number of carbonyl (C=O) groups excluding carboxylic acids is 2. The van der Waals surface area contributed by atoms with Gasteiger partial charge in [-0.1, -0.05) is 18.2 Å². The molecule has 1 amide bonds. The Morgan fingerprint density at radius 3 is 2.68 bits per heavy atom. The lowest BCUT2D eigenvalue weighted by molar-refractivity contribution is -0.146. The fourth-order valence-corrected chi connectivity index (χ4v) is 3.93. The summed E-state index contributed by atoms with van der Waals surface area (Å²) in [5.74, 6) is -0.796. The van der Waals surface area contributed by atoms with Crippen LogP contribution in [-0.4, -0.2) is 28.0 Å². The maximum atomic E-state index is 12.9. The van der Waals surface area contributed by atoms with Crippen molar-refractivity contribution in [3.63, 3.8) is 0 Å². The Morgan fingerprint density at radius 1 is 1.29 bits per heavy atom. The molecule has 0 radical (unpaired) electrons. The van der Waals surface area contributed by atoms with Crippen molar-refractivity contribution in [2.45, 2.75) is 33.7 Å². The fraction of sp³-hybridized carbons (Fsp3) is 0.300. The second-order valence-corrected chi connectivity index (χ2v) is 7.39. The van der Waals surface area contributed by atoms with Crippen LogP contribution in [-0.2, 0) is 9.53 Å². The first-order chi connectivity index (χ1) is 13.3. The second kappa shape index (κ2) is 7.93. The Hall–Kier alpha value is -3.00. The predicted octanol–water partition coefficient (Wildman–Crippen LogP) is 3.45. The monoisotopic (exact) mass is 399 g/mol. The number of anilines is 1. The number of ether oxygens (including phenoxy) is 1. The van der Waals surface area contributed by atoms with Gasteiger partial charge in [0.1, 0.15) is 10.9 Å². The van der Waals surface area contributed by atoms with E-state index in [1.807, 2.05) is 31.2 Å². The lowest BCUT2D eigenvalue weighted by Gasteiger charge is -2.13. The first kappa shape index (κ1) is 19.8. The molecule has 0 aliphatic carbocycles. The van der Waals surface area contributed by atoms with Crippen molar-refractivity contribution >= 4 is 39.1 Å². The minimum atomic E-state index is -0.798. The molecule has 1 atom stereocenters. The lowest BCUT2D eigenvalue weighted by Crippen LogP contribution is -2.29. The first-order valence-electron chi connectivity index (χ1n) is 8.89. The molecule has 0 spiro atoms. The third-order valence-electron chi connectivity index (χ3n) is 4.52. The standard InChI is InChI=1S/C20H21N3O4S/c1-5-27-20(26)13(4)23-10-21-18-15(19(23)25)12(3)16(28-18)17(24)22-14-9-7-6-8-11(14)2/h6-10,13H,5H2,1-4H3,(H,22,24)/t13-/m0/s1. The number of thiophene rings is 1. The molecule has 0 saturated carbocycles. The van der Waals surface area contributed by atoms with Crippen LogP contribution in [0.15, 0.2) is 35.4 Å². The van der Waals surface area contributed by atoms with Crippen molar-refractivity contribution < 1.29 is 14.3 Å². The van der Waals surface area contributed by atoms with Crippen LogP contribution in [0.1, 0.15) is 40.7 Å². The van der Waals surface area contributed by atoms with E-state index >= 15 is 0 Å². The van der Waals surface area contributed by atoms with E-state index in [-0.39, 0.29) is 18.1 Å². The summed E-state index contributed by atoms with van der Waals surface area (Å²) in [6.07, 6.45) is 1.32. The molecule has 0 unspecified atom stereocenters. The van der Waals surface area contributed by atoms with Crippen LogP contribution in [0.5, 0.6) is 0 Å². The molecule has 1 N–H and O–H groups in total. The van der Waals surface area contributed by atoms with E-state index in [2.05, 4.69) is 10.3 Å². The normalized spacial score (nSPS) is 12.0. The number of carbonyl (C=O) groups is 2. The van der Waals surface area contributed by atoms with Gasteiger partial charge in [0.2, 0.25) is 0 Å². The van der Waals surface area contributed by atoms with E-state index in [1.54, 1.807) is 20.8 Å². The van der Waals surface area contributed by atoms with E-state index in [1.165, 1.54) is 10.9 Å². The van der Waals surface area contributed by atoms with Crippen LogP contribution in [0.3, 0.4) is 0 Å². The minimum Gasteiger partial charge on any atom is -0.464 e. The summed E-state index contributed by atoms with van der Waals surface area (Å²) in [7, 11) is 0. The number of nitrogens with one attached hydrogen (secondary N) is 1. The molecule has 8 heteroatoms. The van der Waals surface area contributed by atoms with Gasteiger partial charge in [-0.05, 0) is 44.9 Å². The zero-order chi connectivity index (χ0) is 20.4. The van der Waals surface area contributed by atoms with Gasteiger partial charge in [0.15, 0.2) is 0 Å². The number of aryl methyl sites for hydroxylation is 2. The van der Waals surface area contributed by atoms with Gasteiger partial charge in [0.05, 0.1) is 23.2 Å². The van der Waals surface area contributed by atoms with Gasteiger partial charge >= 0.3 is 5.97 Å². The number of rotatable bonds is 5. The highest BCUT2D eigenvalue weighted by Gasteiger charge is 2.23. The molecule has 0 bridgehead atoms. The summed E-state index contributed by atoms with van der Waals surface area (Å²) in [5.41, 5.74) is 1.84. The molecule has 3 aromatic rings. The fourth-order valence-electron chi connectivity index (χ4n) is 2.90. The van der Waals surface area contributed by atoms with Crippen LogP contribution in [0.4, 0.5) is 5.69 Å². The van der Waals surface area contributed by atoms with Gasteiger partial charge in [0, 0.05) is 5.69 Å². The van der Waals surface area contributed by atoms with Crippen molar-refractivity contribution in [2.24, 2.45) is 0 Å². The maximum absolute atomic E-state index is 12.9. The Labute approximate surface area is 166 Å². The molecule has 2 heterocycles. The Balaban J connectivity index is 2.01. The van der Waals surface area contributed by atoms with Crippen molar-refractivity contribution in [2.75, 3.05) is 11.9 Å². The number of esters is 1. The van der Waals surface area contributed by atoms with Crippen molar-refractivity contribution in [3.8, 4) is 0 Å². The van der Waals surface area contributed by atoms with Crippen molar-refractivity contribution in [3.05, 3.63) is 57.0 Å². The summed E-state index contributed by atoms with van der Waals surface area (Å²) in [6, 6.07) is 6.67. The Kier molecular flexibility index (Phi) is 5.60. The van der Waals surface area contributed by atoms with E-state index in [0.29, 0.717) is 26.3 Å². The molecule has 146 valence electrons. The van der Waals surface area contributed by atoms with Crippen LogP contribution < -0.4 is 10.9 Å². The SMILES string of the molecule is CCOC(=O)[C@H](C)n1cnc2sc(C(=O)Nc3ccccc3C)c(C)c2c1=O. The van der Waals surface area contributed by atoms with E-state index < -0.39 is 12.0 Å². The molecular weight excluding hydrogens is 378 g/mol. The second-order valence-electron chi connectivity index (χ2n) is 6.39. The molecule has 28 heavy (non-hydrogen) atoms. The highest BCUT2D eigenvalue weighted by molar-refractivity contribution is 7.20. The zero-order valence-corrected chi connectivity index (χ0v) is 16.9. The predicted molar refractivity (Wildman–Crippen MR) is 109 cm³/mol. The number of hydrogen-bond acceptors (Lipinski definition) is 6. The third-order valence-corrected chi connectivity index (χ3v) is 5.72. The van der Waals surface area contributed by atoms with E-state index in [0.717, 1.165) is 16.9 Å². The summed E-state index contributed by atoms with van der Waals surface area (Å²) in [5, 5.41) is 3.23. The number of aromatic nitrogens is 2. The van der Waals surface area contributed by atoms with Gasteiger partial charge in [-0.2, -0.15) is 0 Å². The third kappa shape index (κ3) is 3.55. The number of hydrogen-bond donors (Lipinski definition) is 1. The van der Waals surface area contributed by atoms with Gasteiger partial charge in [-0.15, -0.1) is 11.3 Å². The van der Waals surface area contributed by atoms with Crippen LogP contribution >= 0.6 is 11.3 Å². The van der Waals surface area contributed by atoms with Gasteiger partial charge in [-0.25, -0.2) is 9.78 Å². The quantitative estimate of drug-likeness (QED) is 0.664. The maximum Gasteiger partial charge on any atom is 0.328 e. The number of para-hydroxylation sites is 1. The summed E-state index contributed by atoms with van der Waals surface area (Å²) < 4.78 is 6.23. The largest absolute Gasteiger partial charge is 0.464 e. The van der Waals surface area contributed by atoms with E-state index in [9.17, 15) is 14.4 Å². The van der Waals surface area contributed by atoms with Gasteiger partial charge < -0.3 is 10.1 Å². The minimum absolute atomic E-state index is 0.230. The summed E-state index contributed by atoms with van der Waals surface area (Å²) in [6.45, 7) is 7.14. The first-order valence-corrected chi connectivity index (χ1v) is 9.70. The molecular formula is C20H21N3O4S. The van der Waals surface area contributed by atoms with Gasteiger partial charge in [0.25, 0.3) is 11.5 Å². The molecule has 0 aliphatic rings. The van der Waals surface area contributed by atoms with Crippen molar-refractivity contribution in [1.29, 1.82) is 0 Å². The molecule has 0 aliphatic heterocycles. The average molecular weight is 399 g/mol. The van der Waals surface area contributed by atoms with Crippen LogP contribution in [0.25, 0.3) is 10.2 Å². The van der Waals surface area contributed by atoms with Crippen LogP contribution in [0.2, 0.25) is 0 Å².